The van der Waals surface area contributed by atoms with Crippen molar-refractivity contribution < 1.29 is 14.1 Å². The molecule has 20 heavy (non-hydrogen) atoms. The average Bonchev–Trinajstić information content (AvgIpc) is 2.81. The third kappa shape index (κ3) is 2.62. The molecule has 2 N–H and O–H groups in total. The van der Waals surface area contributed by atoms with Crippen molar-refractivity contribution in [3.63, 3.8) is 0 Å². The van der Waals surface area contributed by atoms with Crippen LogP contribution in [-0.2, 0) is 0 Å². The molecule has 0 saturated carbocycles. The van der Waals surface area contributed by atoms with Gasteiger partial charge >= 0.3 is 0 Å². The van der Waals surface area contributed by atoms with Gasteiger partial charge in [-0.3, -0.25) is 14.9 Å². The second kappa shape index (κ2) is 5.16. The van der Waals surface area contributed by atoms with Crippen LogP contribution in [0.15, 0.2) is 18.2 Å². The Bertz CT molecular complexity index is 564. The molecule has 108 valence electrons. The van der Waals surface area contributed by atoms with Gasteiger partial charge in [-0.1, -0.05) is 6.92 Å². The fourth-order valence-electron chi connectivity index (χ4n) is 2.37. The van der Waals surface area contributed by atoms with Crippen LogP contribution in [0.5, 0.6) is 0 Å². The second-order valence-corrected chi connectivity index (χ2v) is 5.41. The molecule has 1 heterocycles. The van der Waals surface area contributed by atoms with Crippen molar-refractivity contribution >= 4 is 11.6 Å². The molecule has 0 radical (unpaired) electrons. The molecule has 1 atom stereocenters. The number of hydrogen-bond donors (Lipinski definition) is 1. The van der Waals surface area contributed by atoms with Crippen LogP contribution >= 0.6 is 0 Å². The standard InChI is InChI=1S/C13H16FN3O3/c1-13(7-15)4-5-16(8-13)12(18)10-6-9(14)2-3-11(10)17(19)20/h2-3,6H,4-5,7-8,15H2,1H3. The monoisotopic (exact) mass is 281 g/mol. The molecule has 0 spiro atoms. The molecule has 2 rings (SSSR count). The van der Waals surface area contributed by atoms with Gasteiger partial charge in [0.25, 0.3) is 11.6 Å². The molecular weight excluding hydrogens is 265 g/mol. The van der Waals surface area contributed by atoms with Gasteiger partial charge in [-0.2, -0.15) is 0 Å². The topological polar surface area (TPSA) is 89.5 Å². The minimum atomic E-state index is -0.676. The number of likely N-dealkylation sites (tertiary alicyclic amines) is 1. The molecule has 1 fully saturated rings. The van der Waals surface area contributed by atoms with Gasteiger partial charge in [-0.05, 0) is 30.5 Å². The van der Waals surface area contributed by atoms with Crippen molar-refractivity contribution in [1.82, 2.24) is 4.90 Å². The number of nitrogens with two attached hydrogens (primary N) is 1. The van der Waals surface area contributed by atoms with Crippen LogP contribution < -0.4 is 5.73 Å². The van der Waals surface area contributed by atoms with E-state index in [0.717, 1.165) is 24.6 Å². The number of carbonyl (C=O) groups excluding carboxylic acids is 1. The van der Waals surface area contributed by atoms with E-state index in [9.17, 15) is 19.3 Å². The lowest BCUT2D eigenvalue weighted by Crippen LogP contribution is -2.34. The number of carbonyl (C=O) groups is 1. The predicted molar refractivity (Wildman–Crippen MR) is 70.7 cm³/mol. The first kappa shape index (κ1) is 14.4. The van der Waals surface area contributed by atoms with E-state index in [1.807, 2.05) is 6.92 Å². The molecule has 1 unspecified atom stereocenters. The number of nitro groups is 1. The van der Waals surface area contributed by atoms with Gasteiger partial charge in [-0.15, -0.1) is 0 Å². The Morgan fingerprint density at radius 3 is 2.85 bits per heavy atom. The Labute approximate surface area is 115 Å². The Balaban J connectivity index is 2.30. The summed E-state index contributed by atoms with van der Waals surface area (Å²) in [7, 11) is 0. The van der Waals surface area contributed by atoms with E-state index in [-0.39, 0.29) is 16.7 Å². The highest BCUT2D eigenvalue weighted by Gasteiger charge is 2.37. The van der Waals surface area contributed by atoms with Crippen LogP contribution in [0.3, 0.4) is 0 Å². The Morgan fingerprint density at radius 2 is 2.30 bits per heavy atom. The maximum absolute atomic E-state index is 13.3. The van der Waals surface area contributed by atoms with Gasteiger partial charge in [0.2, 0.25) is 0 Å². The lowest BCUT2D eigenvalue weighted by atomic mass is 9.90. The van der Waals surface area contributed by atoms with E-state index in [2.05, 4.69) is 0 Å². The van der Waals surface area contributed by atoms with Crippen molar-refractivity contribution in [2.75, 3.05) is 19.6 Å². The fraction of sp³-hybridized carbons (Fsp3) is 0.462. The quantitative estimate of drug-likeness (QED) is 0.672. The van der Waals surface area contributed by atoms with Crippen LogP contribution in [0.1, 0.15) is 23.7 Å². The summed E-state index contributed by atoms with van der Waals surface area (Å²) in [5, 5.41) is 10.9. The van der Waals surface area contributed by atoms with Gasteiger partial charge in [0.15, 0.2) is 0 Å². The summed E-state index contributed by atoms with van der Waals surface area (Å²) in [6, 6.07) is 2.90. The van der Waals surface area contributed by atoms with Gasteiger partial charge in [0, 0.05) is 19.2 Å². The lowest BCUT2D eigenvalue weighted by molar-refractivity contribution is -0.385. The number of halogens is 1. The average molecular weight is 281 g/mol. The summed E-state index contributed by atoms with van der Waals surface area (Å²) in [4.78, 5) is 24.1. The summed E-state index contributed by atoms with van der Waals surface area (Å²) in [6.07, 6.45) is 0.734. The van der Waals surface area contributed by atoms with Crippen LogP contribution in [0.2, 0.25) is 0 Å². The first-order valence-electron chi connectivity index (χ1n) is 6.29. The maximum Gasteiger partial charge on any atom is 0.282 e. The van der Waals surface area contributed by atoms with Crippen LogP contribution in [0.25, 0.3) is 0 Å². The smallest absolute Gasteiger partial charge is 0.282 e. The number of benzene rings is 1. The van der Waals surface area contributed by atoms with Gasteiger partial charge in [0.1, 0.15) is 11.4 Å². The van der Waals surface area contributed by atoms with Crippen LogP contribution in [0.4, 0.5) is 10.1 Å². The molecule has 0 bridgehead atoms. The van der Waals surface area contributed by atoms with E-state index < -0.39 is 16.6 Å². The predicted octanol–water partition coefficient (Wildman–Crippen LogP) is 1.54. The molecular formula is C13H16FN3O3. The van der Waals surface area contributed by atoms with E-state index in [1.165, 1.54) is 4.90 Å². The molecule has 1 aromatic rings. The largest absolute Gasteiger partial charge is 0.338 e. The number of amides is 1. The second-order valence-electron chi connectivity index (χ2n) is 5.41. The maximum atomic E-state index is 13.3. The third-order valence-electron chi connectivity index (χ3n) is 3.72. The van der Waals surface area contributed by atoms with Crippen molar-refractivity contribution in [2.45, 2.75) is 13.3 Å². The first-order chi connectivity index (χ1) is 9.36. The normalized spacial score (nSPS) is 22.1. The van der Waals surface area contributed by atoms with E-state index in [1.54, 1.807) is 0 Å². The van der Waals surface area contributed by atoms with Crippen molar-refractivity contribution in [3.8, 4) is 0 Å². The fourth-order valence-corrected chi connectivity index (χ4v) is 2.37. The number of hydrogen-bond acceptors (Lipinski definition) is 4. The molecule has 1 aliphatic rings. The van der Waals surface area contributed by atoms with E-state index in [4.69, 9.17) is 5.73 Å². The lowest BCUT2D eigenvalue weighted by Gasteiger charge is -2.22. The molecule has 6 nitrogen and oxygen atoms in total. The highest BCUT2D eigenvalue weighted by molar-refractivity contribution is 5.98. The summed E-state index contributed by atoms with van der Waals surface area (Å²) in [5.74, 6) is -1.19. The molecule has 7 heteroatoms. The Hall–Kier alpha value is -2.02. The van der Waals surface area contributed by atoms with E-state index in [0.29, 0.717) is 19.6 Å². The number of nitro benzene ring substituents is 1. The van der Waals surface area contributed by atoms with Gasteiger partial charge in [-0.25, -0.2) is 4.39 Å². The molecule has 1 saturated heterocycles. The zero-order valence-corrected chi connectivity index (χ0v) is 11.1. The molecule has 1 aromatic carbocycles. The SMILES string of the molecule is CC1(CN)CCN(C(=O)c2cc(F)ccc2[N+](=O)[O-])C1. The zero-order chi connectivity index (χ0) is 14.9. The first-order valence-corrected chi connectivity index (χ1v) is 6.29. The molecule has 0 aromatic heterocycles. The van der Waals surface area contributed by atoms with Crippen molar-refractivity contribution in [2.24, 2.45) is 11.1 Å². The van der Waals surface area contributed by atoms with Gasteiger partial charge in [0.05, 0.1) is 4.92 Å². The zero-order valence-electron chi connectivity index (χ0n) is 11.1. The van der Waals surface area contributed by atoms with Crippen molar-refractivity contribution in [3.05, 3.63) is 39.7 Å². The third-order valence-corrected chi connectivity index (χ3v) is 3.72. The highest BCUT2D eigenvalue weighted by atomic mass is 19.1. The minimum absolute atomic E-state index is 0.183. The number of rotatable bonds is 3. The summed E-state index contributed by atoms with van der Waals surface area (Å²) in [6.45, 7) is 3.29. The Morgan fingerprint density at radius 1 is 1.60 bits per heavy atom. The summed E-state index contributed by atoms with van der Waals surface area (Å²) in [5.41, 5.74) is 4.89. The highest BCUT2D eigenvalue weighted by Crippen LogP contribution is 2.31. The van der Waals surface area contributed by atoms with Crippen molar-refractivity contribution in [1.29, 1.82) is 0 Å². The van der Waals surface area contributed by atoms with E-state index >= 15 is 0 Å². The Kier molecular flexibility index (Phi) is 3.71. The minimum Gasteiger partial charge on any atom is -0.338 e. The summed E-state index contributed by atoms with van der Waals surface area (Å²) < 4.78 is 13.3. The molecule has 1 amide bonds. The molecule has 0 aliphatic carbocycles. The van der Waals surface area contributed by atoms with Gasteiger partial charge < -0.3 is 10.6 Å². The number of nitrogens with zero attached hydrogens (tertiary/aromatic N) is 2. The van der Waals surface area contributed by atoms with Crippen LogP contribution in [-0.4, -0.2) is 35.4 Å². The summed E-state index contributed by atoms with van der Waals surface area (Å²) >= 11 is 0. The molecule has 1 aliphatic heterocycles. The van der Waals surface area contributed by atoms with Crippen LogP contribution in [0, 0.1) is 21.3 Å².